The molecule has 1 N–H and O–H groups in total. The molecular weight excluding hydrogens is 399 g/mol. The fourth-order valence-electron chi connectivity index (χ4n) is 3.05. The summed E-state index contributed by atoms with van der Waals surface area (Å²) in [6.07, 6.45) is -1.18. The Balaban J connectivity index is 1.55. The Kier molecular flexibility index (Phi) is 7.70. The van der Waals surface area contributed by atoms with Crippen LogP contribution in [0, 0.1) is 0 Å². The number of anilines is 1. The average Bonchev–Trinajstić information content (AvgIpc) is 2.73. The minimum Gasteiger partial charge on any atom is -0.489 e. The van der Waals surface area contributed by atoms with Crippen LogP contribution in [-0.2, 0) is 16.1 Å². The SMILES string of the molecule is O=C(Nc1ccccc1OCC1CCCCO1)c1ccc(COCC(F)(F)F)cc1. The van der Waals surface area contributed by atoms with Gasteiger partial charge in [-0.05, 0) is 49.1 Å². The van der Waals surface area contributed by atoms with E-state index in [1.165, 1.54) is 0 Å². The number of alkyl halides is 3. The maximum atomic E-state index is 12.6. The van der Waals surface area contributed by atoms with E-state index in [1.54, 1.807) is 42.5 Å². The first-order chi connectivity index (χ1) is 14.4. The van der Waals surface area contributed by atoms with E-state index in [4.69, 9.17) is 9.47 Å². The van der Waals surface area contributed by atoms with Crippen LogP contribution < -0.4 is 10.1 Å². The fraction of sp³-hybridized carbons (Fsp3) is 0.409. The Hall–Kier alpha value is -2.58. The summed E-state index contributed by atoms with van der Waals surface area (Å²) in [7, 11) is 0. The molecule has 0 aromatic heterocycles. The minimum absolute atomic E-state index is 0.0506. The van der Waals surface area contributed by atoms with Gasteiger partial charge in [0.15, 0.2) is 0 Å². The van der Waals surface area contributed by atoms with Gasteiger partial charge in [0, 0.05) is 12.2 Å². The van der Waals surface area contributed by atoms with Crippen LogP contribution in [0.2, 0.25) is 0 Å². The molecule has 0 saturated carbocycles. The zero-order chi connectivity index (χ0) is 21.4. The first-order valence-electron chi connectivity index (χ1n) is 9.79. The molecule has 1 unspecified atom stereocenters. The highest BCUT2D eigenvalue weighted by atomic mass is 19.4. The van der Waals surface area contributed by atoms with Gasteiger partial charge < -0.3 is 19.5 Å². The van der Waals surface area contributed by atoms with Crippen LogP contribution in [0.3, 0.4) is 0 Å². The molecule has 0 aliphatic carbocycles. The predicted octanol–water partition coefficient (Wildman–Crippen LogP) is 4.97. The molecule has 1 heterocycles. The third-order valence-electron chi connectivity index (χ3n) is 4.58. The smallest absolute Gasteiger partial charge is 0.411 e. The summed E-state index contributed by atoms with van der Waals surface area (Å²) in [5, 5.41) is 2.81. The van der Waals surface area contributed by atoms with Gasteiger partial charge in [-0.1, -0.05) is 24.3 Å². The van der Waals surface area contributed by atoms with E-state index < -0.39 is 12.8 Å². The van der Waals surface area contributed by atoms with E-state index in [0.29, 0.717) is 29.2 Å². The quantitative estimate of drug-likeness (QED) is 0.652. The van der Waals surface area contributed by atoms with Crippen molar-refractivity contribution >= 4 is 11.6 Å². The van der Waals surface area contributed by atoms with Crippen LogP contribution in [0.25, 0.3) is 0 Å². The number of rotatable bonds is 8. The molecule has 2 aromatic carbocycles. The van der Waals surface area contributed by atoms with Crippen molar-refractivity contribution in [3.8, 4) is 5.75 Å². The van der Waals surface area contributed by atoms with Gasteiger partial charge in [0.2, 0.25) is 0 Å². The van der Waals surface area contributed by atoms with Gasteiger partial charge in [-0.15, -0.1) is 0 Å². The normalized spacial score (nSPS) is 16.8. The van der Waals surface area contributed by atoms with E-state index >= 15 is 0 Å². The molecule has 5 nitrogen and oxygen atoms in total. The lowest BCUT2D eigenvalue weighted by atomic mass is 10.1. The topological polar surface area (TPSA) is 56.8 Å². The van der Waals surface area contributed by atoms with Gasteiger partial charge in [-0.2, -0.15) is 13.2 Å². The number of ether oxygens (including phenoxy) is 3. The van der Waals surface area contributed by atoms with Crippen LogP contribution in [-0.4, -0.2) is 38.0 Å². The second-order valence-electron chi connectivity index (χ2n) is 7.05. The van der Waals surface area contributed by atoms with Gasteiger partial charge in [-0.3, -0.25) is 4.79 Å². The summed E-state index contributed by atoms with van der Waals surface area (Å²) in [4.78, 5) is 12.6. The summed E-state index contributed by atoms with van der Waals surface area (Å²) >= 11 is 0. The van der Waals surface area contributed by atoms with E-state index in [1.807, 2.05) is 6.07 Å². The maximum absolute atomic E-state index is 12.6. The Morgan fingerprint density at radius 2 is 1.87 bits per heavy atom. The van der Waals surface area contributed by atoms with E-state index in [-0.39, 0.29) is 18.6 Å². The molecule has 1 aliphatic rings. The summed E-state index contributed by atoms with van der Waals surface area (Å²) in [6.45, 7) is -0.331. The van der Waals surface area contributed by atoms with Crippen LogP contribution in [0.1, 0.15) is 35.2 Å². The van der Waals surface area contributed by atoms with Crippen molar-refractivity contribution in [3.63, 3.8) is 0 Å². The van der Waals surface area contributed by atoms with Crippen LogP contribution in [0.4, 0.5) is 18.9 Å². The predicted molar refractivity (Wildman–Crippen MR) is 106 cm³/mol. The van der Waals surface area contributed by atoms with Crippen molar-refractivity contribution in [2.45, 2.75) is 38.1 Å². The number of hydrogen-bond donors (Lipinski definition) is 1. The van der Waals surface area contributed by atoms with Crippen molar-refractivity contribution in [2.24, 2.45) is 0 Å². The summed E-state index contributed by atoms with van der Waals surface area (Å²) < 4.78 is 52.5. The monoisotopic (exact) mass is 423 g/mol. The molecule has 0 radical (unpaired) electrons. The van der Waals surface area contributed by atoms with Crippen molar-refractivity contribution in [1.82, 2.24) is 0 Å². The number of nitrogens with one attached hydrogen (secondary N) is 1. The zero-order valence-corrected chi connectivity index (χ0v) is 16.4. The van der Waals surface area contributed by atoms with Crippen molar-refractivity contribution in [3.05, 3.63) is 59.7 Å². The molecule has 30 heavy (non-hydrogen) atoms. The molecule has 3 rings (SSSR count). The first-order valence-corrected chi connectivity index (χ1v) is 9.79. The van der Waals surface area contributed by atoms with Crippen LogP contribution >= 0.6 is 0 Å². The fourth-order valence-corrected chi connectivity index (χ4v) is 3.05. The highest BCUT2D eigenvalue weighted by Gasteiger charge is 2.27. The first kappa shape index (κ1) is 22.1. The van der Waals surface area contributed by atoms with E-state index in [0.717, 1.165) is 25.9 Å². The van der Waals surface area contributed by atoms with E-state index in [9.17, 15) is 18.0 Å². The number of benzene rings is 2. The average molecular weight is 423 g/mol. The van der Waals surface area contributed by atoms with Gasteiger partial charge in [-0.25, -0.2) is 0 Å². The molecule has 1 amide bonds. The number of para-hydroxylation sites is 2. The standard InChI is InChI=1S/C22H24F3NO4/c23-22(24,25)15-28-13-16-8-10-17(11-9-16)21(27)26-19-6-1-2-7-20(19)30-14-18-5-3-4-12-29-18/h1-2,6-11,18H,3-5,12-15H2,(H,26,27). The lowest BCUT2D eigenvalue weighted by Gasteiger charge is -2.23. The molecule has 1 saturated heterocycles. The van der Waals surface area contributed by atoms with Crippen molar-refractivity contribution < 1.29 is 32.2 Å². The number of carbonyl (C=O) groups excluding carboxylic acids is 1. The van der Waals surface area contributed by atoms with Crippen LogP contribution in [0.15, 0.2) is 48.5 Å². The lowest BCUT2D eigenvalue weighted by Crippen LogP contribution is -2.26. The summed E-state index contributed by atoms with van der Waals surface area (Å²) in [5.41, 5.74) is 1.46. The second-order valence-corrected chi connectivity index (χ2v) is 7.05. The zero-order valence-electron chi connectivity index (χ0n) is 16.4. The molecule has 162 valence electrons. The van der Waals surface area contributed by atoms with Gasteiger partial charge in [0.05, 0.1) is 18.4 Å². The molecule has 8 heteroatoms. The lowest BCUT2D eigenvalue weighted by molar-refractivity contribution is -0.176. The summed E-state index contributed by atoms with van der Waals surface area (Å²) in [5.74, 6) is 0.208. The Morgan fingerprint density at radius 3 is 2.57 bits per heavy atom. The van der Waals surface area contributed by atoms with Crippen molar-refractivity contribution in [1.29, 1.82) is 0 Å². The number of halogens is 3. The van der Waals surface area contributed by atoms with E-state index in [2.05, 4.69) is 10.1 Å². The highest BCUT2D eigenvalue weighted by molar-refractivity contribution is 6.05. The van der Waals surface area contributed by atoms with Crippen LogP contribution in [0.5, 0.6) is 5.75 Å². The Morgan fingerprint density at radius 1 is 1.10 bits per heavy atom. The molecule has 0 spiro atoms. The van der Waals surface area contributed by atoms with Gasteiger partial charge >= 0.3 is 6.18 Å². The molecule has 1 aliphatic heterocycles. The molecule has 0 bridgehead atoms. The van der Waals surface area contributed by atoms with Gasteiger partial charge in [0.25, 0.3) is 5.91 Å². The highest BCUT2D eigenvalue weighted by Crippen LogP contribution is 2.26. The minimum atomic E-state index is -4.36. The Labute approximate surface area is 173 Å². The number of amides is 1. The van der Waals surface area contributed by atoms with Crippen molar-refractivity contribution in [2.75, 3.05) is 25.1 Å². The molecular formula is C22H24F3NO4. The molecule has 2 aromatic rings. The largest absolute Gasteiger partial charge is 0.489 e. The molecule has 1 fully saturated rings. The third kappa shape index (κ3) is 7.03. The number of carbonyl (C=O) groups is 1. The van der Waals surface area contributed by atoms with Gasteiger partial charge in [0.1, 0.15) is 19.0 Å². The number of hydrogen-bond acceptors (Lipinski definition) is 4. The maximum Gasteiger partial charge on any atom is 0.411 e. The Bertz CT molecular complexity index is 818. The third-order valence-corrected chi connectivity index (χ3v) is 4.58. The second kappa shape index (κ2) is 10.4. The summed E-state index contributed by atoms with van der Waals surface area (Å²) in [6, 6.07) is 13.3. The molecule has 1 atom stereocenters.